The predicted molar refractivity (Wildman–Crippen MR) is 144 cm³/mol. The molecule has 0 aliphatic rings. The van der Waals surface area contributed by atoms with Crippen LogP contribution in [0.4, 0.5) is 5.69 Å². The van der Waals surface area contributed by atoms with Gasteiger partial charge in [-0.25, -0.2) is 10.4 Å². The van der Waals surface area contributed by atoms with Crippen molar-refractivity contribution in [1.82, 2.24) is 15.0 Å². The highest BCUT2D eigenvalue weighted by Gasteiger charge is 2.14. The van der Waals surface area contributed by atoms with Crippen LogP contribution in [0.25, 0.3) is 27.8 Å². The number of non-ortho nitro benzene ring substituents is 1. The summed E-state index contributed by atoms with van der Waals surface area (Å²) in [7, 11) is 0. The fourth-order valence-corrected chi connectivity index (χ4v) is 4.38. The maximum absolute atomic E-state index is 13.2. The Morgan fingerprint density at radius 3 is 2.41 bits per heavy atom. The molecule has 1 N–H and O–H groups in total. The van der Waals surface area contributed by atoms with Crippen molar-refractivity contribution < 1.29 is 9.72 Å². The Morgan fingerprint density at radius 1 is 0.973 bits per heavy atom. The van der Waals surface area contributed by atoms with Gasteiger partial charge in [0.2, 0.25) is 0 Å². The highest BCUT2D eigenvalue weighted by molar-refractivity contribution is 6.07. The van der Waals surface area contributed by atoms with Gasteiger partial charge >= 0.3 is 0 Å². The number of para-hydroxylation sites is 1. The van der Waals surface area contributed by atoms with E-state index in [4.69, 9.17) is 4.98 Å². The van der Waals surface area contributed by atoms with Crippen molar-refractivity contribution in [3.05, 3.63) is 124 Å². The van der Waals surface area contributed by atoms with Gasteiger partial charge < -0.3 is 4.57 Å². The number of hydrazone groups is 1. The van der Waals surface area contributed by atoms with Crippen LogP contribution in [0.3, 0.4) is 0 Å². The maximum Gasteiger partial charge on any atom is 0.272 e. The van der Waals surface area contributed by atoms with Gasteiger partial charge in [0.15, 0.2) is 0 Å². The first-order valence-corrected chi connectivity index (χ1v) is 11.6. The molecule has 5 aromatic rings. The van der Waals surface area contributed by atoms with Crippen molar-refractivity contribution in [2.75, 3.05) is 0 Å². The number of nitro benzene ring substituents is 1. The highest BCUT2D eigenvalue weighted by Crippen LogP contribution is 2.25. The summed E-state index contributed by atoms with van der Waals surface area (Å²) in [5, 5.41) is 15.9. The quantitative estimate of drug-likeness (QED) is 0.180. The van der Waals surface area contributed by atoms with Crippen LogP contribution in [-0.2, 0) is 0 Å². The summed E-state index contributed by atoms with van der Waals surface area (Å²) in [5.41, 5.74) is 8.99. The fraction of sp³-hybridized carbons (Fsp3) is 0.0690. The summed E-state index contributed by atoms with van der Waals surface area (Å²) in [6.45, 7) is 3.87. The number of aryl methyl sites for hydroxylation is 1. The van der Waals surface area contributed by atoms with Gasteiger partial charge in [-0.3, -0.25) is 14.9 Å². The Labute approximate surface area is 213 Å². The second-order valence-corrected chi connectivity index (χ2v) is 8.57. The summed E-state index contributed by atoms with van der Waals surface area (Å²) in [6.07, 6.45) is 1.60. The lowest BCUT2D eigenvalue weighted by molar-refractivity contribution is -0.384. The molecular formula is C29H23N5O3. The Morgan fingerprint density at radius 2 is 1.68 bits per heavy atom. The van der Waals surface area contributed by atoms with E-state index in [9.17, 15) is 14.9 Å². The Hall–Kier alpha value is -5.11. The number of carbonyl (C=O) groups is 1. The van der Waals surface area contributed by atoms with Crippen molar-refractivity contribution in [1.29, 1.82) is 0 Å². The van der Waals surface area contributed by atoms with Crippen molar-refractivity contribution in [2.24, 2.45) is 5.10 Å². The Kier molecular flexibility index (Phi) is 6.30. The van der Waals surface area contributed by atoms with E-state index in [1.807, 2.05) is 79.1 Å². The SMILES string of the molecule is Cc1cc(/C=N\NC(=O)c2cc(-c3ccccc3)nc3ccccc23)c(C)n1-c1ccc([N+](=O)[O-])cc1. The second kappa shape index (κ2) is 9.87. The zero-order valence-electron chi connectivity index (χ0n) is 20.3. The Balaban J connectivity index is 1.41. The molecular weight excluding hydrogens is 466 g/mol. The number of nitrogens with one attached hydrogen (secondary N) is 1. The molecule has 0 unspecified atom stereocenters. The number of carbonyl (C=O) groups excluding carboxylic acids is 1. The molecule has 182 valence electrons. The lowest BCUT2D eigenvalue weighted by atomic mass is 10.0. The normalized spacial score (nSPS) is 11.2. The molecule has 1 amide bonds. The molecule has 0 fully saturated rings. The lowest BCUT2D eigenvalue weighted by Crippen LogP contribution is -2.18. The largest absolute Gasteiger partial charge is 0.318 e. The molecule has 0 saturated carbocycles. The first kappa shape index (κ1) is 23.6. The molecule has 0 radical (unpaired) electrons. The molecule has 0 atom stereocenters. The number of nitro groups is 1. The molecule has 0 bridgehead atoms. The van der Waals surface area contributed by atoms with Crippen LogP contribution in [0.5, 0.6) is 0 Å². The van der Waals surface area contributed by atoms with Gasteiger partial charge in [0.1, 0.15) is 0 Å². The monoisotopic (exact) mass is 489 g/mol. The summed E-state index contributed by atoms with van der Waals surface area (Å²) in [5.74, 6) is -0.337. The van der Waals surface area contributed by atoms with E-state index in [1.54, 1.807) is 24.4 Å². The van der Waals surface area contributed by atoms with Gasteiger partial charge in [-0.05, 0) is 44.2 Å². The number of nitrogens with zero attached hydrogens (tertiary/aromatic N) is 4. The third-order valence-electron chi connectivity index (χ3n) is 6.19. The first-order chi connectivity index (χ1) is 17.9. The minimum absolute atomic E-state index is 0.0368. The van der Waals surface area contributed by atoms with Crippen LogP contribution in [0, 0.1) is 24.0 Å². The van der Waals surface area contributed by atoms with Crippen LogP contribution < -0.4 is 5.43 Å². The van der Waals surface area contributed by atoms with E-state index < -0.39 is 4.92 Å². The molecule has 0 spiro atoms. The van der Waals surface area contributed by atoms with Crippen molar-refractivity contribution in [2.45, 2.75) is 13.8 Å². The third-order valence-corrected chi connectivity index (χ3v) is 6.19. The van der Waals surface area contributed by atoms with Crippen molar-refractivity contribution in [3.8, 4) is 16.9 Å². The smallest absolute Gasteiger partial charge is 0.272 e. The molecule has 8 heteroatoms. The van der Waals surface area contributed by atoms with E-state index in [1.165, 1.54) is 12.1 Å². The van der Waals surface area contributed by atoms with Crippen LogP contribution in [-0.4, -0.2) is 26.6 Å². The molecule has 37 heavy (non-hydrogen) atoms. The van der Waals surface area contributed by atoms with Gasteiger partial charge in [-0.2, -0.15) is 5.10 Å². The minimum Gasteiger partial charge on any atom is -0.318 e. The standard InChI is InChI=1S/C29H23N5O3/c1-19-16-22(20(2)33(19)23-12-14-24(15-13-23)34(36)37)18-30-32-29(35)26-17-28(21-8-4-3-5-9-21)31-27-11-7-6-10-25(26)27/h3-18H,1-2H3,(H,32,35)/b30-18-. The van der Waals surface area contributed by atoms with Crippen LogP contribution >= 0.6 is 0 Å². The number of hydrogen-bond acceptors (Lipinski definition) is 5. The van der Waals surface area contributed by atoms with Crippen molar-refractivity contribution in [3.63, 3.8) is 0 Å². The number of rotatable bonds is 6. The zero-order chi connectivity index (χ0) is 25.9. The number of amides is 1. The highest BCUT2D eigenvalue weighted by atomic mass is 16.6. The summed E-state index contributed by atoms with van der Waals surface area (Å²) in [4.78, 5) is 28.5. The van der Waals surface area contributed by atoms with Crippen LogP contribution in [0.1, 0.15) is 27.3 Å². The maximum atomic E-state index is 13.2. The molecule has 2 aromatic heterocycles. The lowest BCUT2D eigenvalue weighted by Gasteiger charge is -2.09. The average Bonchev–Trinajstić information content (AvgIpc) is 3.20. The third kappa shape index (κ3) is 4.72. The number of aromatic nitrogens is 2. The van der Waals surface area contributed by atoms with Gasteiger partial charge in [-0.15, -0.1) is 0 Å². The number of benzene rings is 3. The minimum atomic E-state index is -0.422. The van der Waals surface area contributed by atoms with Gasteiger partial charge in [0.05, 0.1) is 27.9 Å². The van der Waals surface area contributed by atoms with Gasteiger partial charge in [-0.1, -0.05) is 48.5 Å². The van der Waals surface area contributed by atoms with E-state index in [0.29, 0.717) is 11.3 Å². The van der Waals surface area contributed by atoms with E-state index in [2.05, 4.69) is 10.5 Å². The number of fused-ring (bicyclic) bond motifs is 1. The van der Waals surface area contributed by atoms with Gasteiger partial charge in [0.25, 0.3) is 11.6 Å². The number of pyridine rings is 1. The van der Waals surface area contributed by atoms with E-state index in [0.717, 1.165) is 39.1 Å². The molecule has 0 aliphatic carbocycles. The molecule has 0 saturated heterocycles. The summed E-state index contributed by atoms with van der Waals surface area (Å²) < 4.78 is 1.98. The molecule has 5 rings (SSSR count). The first-order valence-electron chi connectivity index (χ1n) is 11.6. The zero-order valence-corrected chi connectivity index (χ0v) is 20.3. The number of hydrogen-bond donors (Lipinski definition) is 1. The molecule has 2 heterocycles. The molecule has 0 aliphatic heterocycles. The fourth-order valence-electron chi connectivity index (χ4n) is 4.38. The van der Waals surface area contributed by atoms with Crippen LogP contribution in [0.2, 0.25) is 0 Å². The van der Waals surface area contributed by atoms with E-state index >= 15 is 0 Å². The predicted octanol–water partition coefficient (Wildman–Crippen LogP) is 5.98. The second-order valence-electron chi connectivity index (χ2n) is 8.57. The van der Waals surface area contributed by atoms with Crippen LogP contribution in [0.15, 0.2) is 96.1 Å². The topological polar surface area (TPSA) is 102 Å². The average molecular weight is 490 g/mol. The summed E-state index contributed by atoms with van der Waals surface area (Å²) in [6, 6.07) is 27.3. The van der Waals surface area contributed by atoms with E-state index in [-0.39, 0.29) is 11.6 Å². The molecule has 3 aromatic carbocycles. The van der Waals surface area contributed by atoms with Gasteiger partial charge in [0, 0.05) is 45.7 Å². The molecule has 8 nitrogen and oxygen atoms in total. The Bertz CT molecular complexity index is 1660. The van der Waals surface area contributed by atoms with Crippen molar-refractivity contribution >= 4 is 28.7 Å². The summed E-state index contributed by atoms with van der Waals surface area (Å²) >= 11 is 0.